The van der Waals surface area contributed by atoms with Crippen molar-refractivity contribution in [2.75, 3.05) is 0 Å². The van der Waals surface area contributed by atoms with Gasteiger partial charge in [0.2, 0.25) is 0 Å². The van der Waals surface area contributed by atoms with Gasteiger partial charge < -0.3 is 0 Å². The van der Waals surface area contributed by atoms with E-state index in [1.54, 1.807) is 0 Å². The first kappa shape index (κ1) is 7.68. The summed E-state index contributed by atoms with van der Waals surface area (Å²) in [5.74, 6) is 1.26. The van der Waals surface area contributed by atoms with Crippen molar-refractivity contribution in [1.82, 2.24) is 0 Å². The highest BCUT2D eigenvalue weighted by molar-refractivity contribution is 6.50. The Bertz CT molecular complexity index is 109. The van der Waals surface area contributed by atoms with E-state index in [1.165, 1.54) is 6.42 Å². The Labute approximate surface area is 66.5 Å². The first-order valence-corrected chi connectivity index (χ1v) is 4.21. The predicted octanol–water partition coefficient (Wildman–Crippen LogP) is 3.23. The molecule has 0 heterocycles. The van der Waals surface area contributed by atoms with Crippen molar-refractivity contribution < 1.29 is 0 Å². The van der Waals surface area contributed by atoms with E-state index in [2.05, 4.69) is 13.8 Å². The molecule has 1 saturated carbocycles. The van der Waals surface area contributed by atoms with Gasteiger partial charge in [-0.05, 0) is 18.3 Å². The summed E-state index contributed by atoms with van der Waals surface area (Å²) < 4.78 is -0.366. The van der Waals surface area contributed by atoms with Crippen LogP contribution in [0, 0.1) is 11.8 Å². The van der Waals surface area contributed by atoms with Crippen molar-refractivity contribution in [3.8, 4) is 0 Å². The number of hydrogen-bond acceptors (Lipinski definition) is 0. The summed E-state index contributed by atoms with van der Waals surface area (Å²) in [5, 5.41) is 0. The molecule has 0 aromatic carbocycles. The topological polar surface area (TPSA) is 0 Å². The monoisotopic (exact) mass is 166 g/mol. The molecule has 2 unspecified atom stereocenters. The third kappa shape index (κ3) is 1.53. The molecule has 0 aromatic heterocycles. The van der Waals surface area contributed by atoms with E-state index in [0.29, 0.717) is 11.8 Å². The number of alkyl halides is 2. The van der Waals surface area contributed by atoms with Gasteiger partial charge in [0.1, 0.15) is 4.33 Å². The van der Waals surface area contributed by atoms with Crippen molar-refractivity contribution in [2.24, 2.45) is 11.8 Å². The van der Waals surface area contributed by atoms with Gasteiger partial charge >= 0.3 is 0 Å². The van der Waals surface area contributed by atoms with Crippen LogP contribution in [0.25, 0.3) is 0 Å². The maximum Gasteiger partial charge on any atom is 0.121 e. The molecule has 0 amide bonds. The standard InChI is InChI=1S/C7H12Cl2/c1-3-5(2)6-4-7(6,8)9/h5-6H,3-4H2,1-2H3. The third-order valence-electron chi connectivity index (χ3n) is 2.21. The maximum absolute atomic E-state index is 5.85. The summed E-state index contributed by atoms with van der Waals surface area (Å²) in [4.78, 5) is 0. The predicted molar refractivity (Wildman–Crippen MR) is 42.0 cm³/mol. The average molecular weight is 167 g/mol. The molecule has 0 aliphatic heterocycles. The van der Waals surface area contributed by atoms with Crippen LogP contribution in [0.2, 0.25) is 0 Å². The van der Waals surface area contributed by atoms with E-state index >= 15 is 0 Å². The van der Waals surface area contributed by atoms with Crippen LogP contribution in [-0.2, 0) is 0 Å². The minimum absolute atomic E-state index is 0.366. The van der Waals surface area contributed by atoms with Crippen molar-refractivity contribution in [1.29, 1.82) is 0 Å². The van der Waals surface area contributed by atoms with Crippen LogP contribution in [0.5, 0.6) is 0 Å². The molecule has 54 valence electrons. The Morgan fingerprint density at radius 1 is 1.67 bits per heavy atom. The summed E-state index contributed by atoms with van der Waals surface area (Å²) in [7, 11) is 0. The van der Waals surface area contributed by atoms with Crippen molar-refractivity contribution in [3.05, 3.63) is 0 Å². The lowest BCUT2D eigenvalue weighted by molar-refractivity contribution is 0.489. The molecule has 0 saturated heterocycles. The van der Waals surface area contributed by atoms with Crippen LogP contribution in [-0.4, -0.2) is 4.33 Å². The largest absolute Gasteiger partial charge is 0.121 e. The van der Waals surface area contributed by atoms with Crippen molar-refractivity contribution >= 4 is 23.2 Å². The number of hydrogen-bond donors (Lipinski definition) is 0. The lowest BCUT2D eigenvalue weighted by Crippen LogP contribution is -2.00. The molecule has 0 N–H and O–H groups in total. The molecule has 0 bridgehead atoms. The summed E-state index contributed by atoms with van der Waals surface area (Å²) in [6.45, 7) is 4.38. The van der Waals surface area contributed by atoms with Gasteiger partial charge in [-0.3, -0.25) is 0 Å². The molecule has 9 heavy (non-hydrogen) atoms. The molecule has 1 aliphatic rings. The molecule has 1 rings (SSSR count). The minimum atomic E-state index is -0.366. The Morgan fingerprint density at radius 2 is 2.11 bits per heavy atom. The van der Waals surface area contributed by atoms with Gasteiger partial charge in [0.15, 0.2) is 0 Å². The fourth-order valence-corrected chi connectivity index (χ4v) is 1.90. The van der Waals surface area contributed by atoms with E-state index in [1.807, 2.05) is 0 Å². The Kier molecular flexibility index (Phi) is 1.98. The van der Waals surface area contributed by atoms with Crippen LogP contribution < -0.4 is 0 Å². The van der Waals surface area contributed by atoms with Crippen LogP contribution >= 0.6 is 23.2 Å². The first-order chi connectivity index (χ1) is 4.08. The molecule has 0 aromatic rings. The summed E-state index contributed by atoms with van der Waals surface area (Å²) in [6.07, 6.45) is 2.18. The molecule has 0 radical (unpaired) electrons. The van der Waals surface area contributed by atoms with Crippen LogP contribution in [0.1, 0.15) is 26.7 Å². The zero-order valence-electron chi connectivity index (χ0n) is 5.82. The fraction of sp³-hybridized carbons (Fsp3) is 1.00. The van der Waals surface area contributed by atoms with Gasteiger partial charge in [-0.1, -0.05) is 20.3 Å². The fourth-order valence-electron chi connectivity index (χ4n) is 1.14. The third-order valence-corrected chi connectivity index (χ3v) is 3.07. The van der Waals surface area contributed by atoms with Gasteiger partial charge in [-0.25, -0.2) is 0 Å². The van der Waals surface area contributed by atoms with Gasteiger partial charge in [-0.2, -0.15) is 0 Å². The van der Waals surface area contributed by atoms with Crippen molar-refractivity contribution in [3.63, 3.8) is 0 Å². The van der Waals surface area contributed by atoms with E-state index in [-0.39, 0.29) is 4.33 Å². The first-order valence-electron chi connectivity index (χ1n) is 3.45. The lowest BCUT2D eigenvalue weighted by atomic mass is 10.0. The highest BCUT2D eigenvalue weighted by atomic mass is 35.5. The quantitative estimate of drug-likeness (QED) is 0.554. The zero-order valence-corrected chi connectivity index (χ0v) is 7.34. The van der Waals surface area contributed by atoms with Gasteiger partial charge in [0.05, 0.1) is 0 Å². The highest BCUT2D eigenvalue weighted by Gasteiger charge is 2.53. The van der Waals surface area contributed by atoms with Gasteiger partial charge in [-0.15, -0.1) is 23.2 Å². The van der Waals surface area contributed by atoms with Crippen LogP contribution in [0.4, 0.5) is 0 Å². The second-order valence-electron chi connectivity index (χ2n) is 2.96. The molecule has 2 heteroatoms. The maximum atomic E-state index is 5.85. The number of rotatable bonds is 2. The molecule has 1 aliphatic carbocycles. The molecule has 0 spiro atoms. The normalized spacial score (nSPS) is 34.0. The van der Waals surface area contributed by atoms with E-state index in [0.717, 1.165) is 6.42 Å². The second-order valence-corrected chi connectivity index (χ2v) is 4.50. The molecule has 0 nitrogen and oxygen atoms in total. The lowest BCUT2D eigenvalue weighted by Gasteiger charge is -2.06. The second kappa shape index (κ2) is 2.32. The Morgan fingerprint density at radius 3 is 2.22 bits per heavy atom. The summed E-state index contributed by atoms with van der Waals surface area (Å²) >= 11 is 11.7. The molecule has 1 fully saturated rings. The Balaban J connectivity index is 2.33. The van der Waals surface area contributed by atoms with E-state index in [9.17, 15) is 0 Å². The highest BCUT2D eigenvalue weighted by Crippen LogP contribution is 2.57. The molecule has 2 atom stereocenters. The summed E-state index contributed by atoms with van der Waals surface area (Å²) in [6, 6.07) is 0. The van der Waals surface area contributed by atoms with Crippen molar-refractivity contribution in [2.45, 2.75) is 31.0 Å². The van der Waals surface area contributed by atoms with Crippen LogP contribution in [0.15, 0.2) is 0 Å². The van der Waals surface area contributed by atoms with Gasteiger partial charge in [0, 0.05) is 0 Å². The van der Waals surface area contributed by atoms with E-state index < -0.39 is 0 Å². The zero-order chi connectivity index (χ0) is 7.07. The molecular weight excluding hydrogens is 155 g/mol. The molecular formula is C7H12Cl2. The van der Waals surface area contributed by atoms with E-state index in [4.69, 9.17) is 23.2 Å². The summed E-state index contributed by atoms with van der Waals surface area (Å²) in [5.41, 5.74) is 0. The number of halogens is 2. The van der Waals surface area contributed by atoms with Crippen LogP contribution in [0.3, 0.4) is 0 Å². The smallest absolute Gasteiger partial charge is 0.101 e. The SMILES string of the molecule is CCC(C)C1CC1(Cl)Cl. The average Bonchev–Trinajstić information content (AvgIpc) is 2.38. The minimum Gasteiger partial charge on any atom is -0.101 e. The Hall–Kier alpha value is 0.580. The van der Waals surface area contributed by atoms with Gasteiger partial charge in [0.25, 0.3) is 0 Å².